The fraction of sp³-hybridized carbons (Fsp3) is 0.417. The van der Waals surface area contributed by atoms with Gasteiger partial charge in [0.05, 0.1) is 18.5 Å². The van der Waals surface area contributed by atoms with Crippen molar-refractivity contribution >= 4 is 29.7 Å². The number of carboxylic acid groups (broad SMARTS) is 2. The molecule has 5 unspecified atom stereocenters. The summed E-state index contributed by atoms with van der Waals surface area (Å²) >= 11 is 0. The molecule has 0 aliphatic carbocycles. The van der Waals surface area contributed by atoms with Gasteiger partial charge in [0, 0.05) is 31.2 Å². The molecule has 0 saturated heterocycles. The molecule has 0 aliphatic rings. The van der Waals surface area contributed by atoms with Crippen LogP contribution >= 0.6 is 0 Å². The zero-order valence-corrected chi connectivity index (χ0v) is 20.7. The van der Waals surface area contributed by atoms with Crippen LogP contribution in [0.15, 0.2) is 42.9 Å². The lowest BCUT2D eigenvalue weighted by Crippen LogP contribution is -2.60. The van der Waals surface area contributed by atoms with Crippen LogP contribution in [0.4, 0.5) is 0 Å². The van der Waals surface area contributed by atoms with E-state index >= 15 is 0 Å². The van der Waals surface area contributed by atoms with Gasteiger partial charge < -0.3 is 42.0 Å². The van der Waals surface area contributed by atoms with Crippen molar-refractivity contribution < 1.29 is 39.3 Å². The number of benzene rings is 1. The normalized spacial score (nSPS) is 14.8. The first-order valence-electron chi connectivity index (χ1n) is 11.8. The van der Waals surface area contributed by atoms with Gasteiger partial charge in [0.15, 0.2) is 0 Å². The molecule has 3 amide bonds. The van der Waals surface area contributed by atoms with Crippen molar-refractivity contribution in [3.8, 4) is 0 Å². The lowest BCUT2D eigenvalue weighted by Gasteiger charge is -2.26. The van der Waals surface area contributed by atoms with E-state index in [1.54, 1.807) is 30.3 Å². The standard InChI is InChI=1S/C24H32N6O8/c1-13(31)20(23(36)29-18(24(37)38)9-14-5-3-2-4-6-14)30-22(35)17(7-8-19(32)33)28-21(34)16(25)10-15-11-26-12-27-15/h2-6,11-13,16-18,20,31H,7-10,25H2,1H3,(H,26,27)(H,28,34)(H,29,36)(H,30,35)(H,32,33)(H,37,38). The highest BCUT2D eigenvalue weighted by molar-refractivity contribution is 5.94. The second-order valence-corrected chi connectivity index (χ2v) is 8.70. The number of aromatic amines is 1. The molecule has 0 radical (unpaired) electrons. The lowest BCUT2D eigenvalue weighted by molar-refractivity contribution is -0.143. The fourth-order valence-electron chi connectivity index (χ4n) is 3.51. The summed E-state index contributed by atoms with van der Waals surface area (Å²) in [5.41, 5.74) is 7.09. The first kappa shape index (κ1) is 29.9. The maximum atomic E-state index is 13.0. The molecule has 1 aromatic heterocycles. The third kappa shape index (κ3) is 9.63. The van der Waals surface area contributed by atoms with Gasteiger partial charge in [0.2, 0.25) is 17.7 Å². The van der Waals surface area contributed by atoms with Crippen LogP contribution in [-0.4, -0.2) is 85.2 Å². The molecule has 0 fully saturated rings. The van der Waals surface area contributed by atoms with Crippen LogP contribution in [0.3, 0.4) is 0 Å². The topological polar surface area (TPSA) is 237 Å². The Kier molecular flexibility index (Phi) is 11.4. The smallest absolute Gasteiger partial charge is 0.326 e. The summed E-state index contributed by atoms with van der Waals surface area (Å²) < 4.78 is 0. The van der Waals surface area contributed by atoms with Crippen molar-refractivity contribution in [1.82, 2.24) is 25.9 Å². The van der Waals surface area contributed by atoms with E-state index in [9.17, 15) is 34.2 Å². The number of hydrogen-bond donors (Lipinski definition) is 8. The number of carboxylic acids is 2. The molecule has 5 atom stereocenters. The van der Waals surface area contributed by atoms with E-state index in [4.69, 9.17) is 10.8 Å². The van der Waals surface area contributed by atoms with E-state index in [-0.39, 0.29) is 19.3 Å². The van der Waals surface area contributed by atoms with E-state index in [0.29, 0.717) is 11.3 Å². The molecule has 1 aromatic carbocycles. The number of aliphatic hydroxyl groups excluding tert-OH is 1. The van der Waals surface area contributed by atoms with E-state index in [1.807, 2.05) is 0 Å². The van der Waals surface area contributed by atoms with E-state index in [0.717, 1.165) is 0 Å². The van der Waals surface area contributed by atoms with Gasteiger partial charge in [-0.05, 0) is 18.9 Å². The highest BCUT2D eigenvalue weighted by Gasteiger charge is 2.33. The summed E-state index contributed by atoms with van der Waals surface area (Å²) in [5, 5.41) is 35.7. The molecule has 0 saturated carbocycles. The highest BCUT2D eigenvalue weighted by Crippen LogP contribution is 2.06. The lowest BCUT2D eigenvalue weighted by atomic mass is 10.0. The Hall–Kier alpha value is -4.30. The number of carbonyl (C=O) groups is 5. The maximum Gasteiger partial charge on any atom is 0.326 e. The number of carbonyl (C=O) groups excluding carboxylic acids is 3. The second-order valence-electron chi connectivity index (χ2n) is 8.70. The van der Waals surface area contributed by atoms with Gasteiger partial charge in [0.1, 0.15) is 18.1 Å². The average Bonchev–Trinajstić information content (AvgIpc) is 3.37. The van der Waals surface area contributed by atoms with Crippen molar-refractivity contribution in [2.75, 3.05) is 0 Å². The Bertz CT molecular complexity index is 1090. The van der Waals surface area contributed by atoms with Crippen LogP contribution in [0.1, 0.15) is 31.0 Å². The number of aromatic nitrogens is 2. The Balaban J connectivity index is 2.10. The minimum Gasteiger partial charge on any atom is -0.481 e. The first-order valence-corrected chi connectivity index (χ1v) is 11.8. The molecule has 0 bridgehead atoms. The SMILES string of the molecule is CC(O)C(NC(=O)C(CCC(=O)O)NC(=O)C(N)Cc1cnc[nH]1)C(=O)NC(Cc1ccccc1)C(=O)O. The third-order valence-electron chi connectivity index (χ3n) is 5.57. The Labute approximate surface area is 218 Å². The van der Waals surface area contributed by atoms with Gasteiger partial charge >= 0.3 is 11.9 Å². The Morgan fingerprint density at radius 2 is 1.61 bits per heavy atom. The number of amides is 3. The summed E-state index contributed by atoms with van der Waals surface area (Å²) in [6, 6.07) is 3.09. The molecule has 2 rings (SSSR count). The van der Waals surface area contributed by atoms with Crippen molar-refractivity contribution in [3.05, 3.63) is 54.1 Å². The molecule has 14 nitrogen and oxygen atoms in total. The number of imidazole rings is 1. The molecule has 38 heavy (non-hydrogen) atoms. The molecule has 1 heterocycles. The van der Waals surface area contributed by atoms with Crippen molar-refractivity contribution in [2.45, 2.75) is 62.9 Å². The van der Waals surface area contributed by atoms with Crippen LogP contribution in [0.5, 0.6) is 0 Å². The molecule has 0 aliphatic heterocycles. The second kappa shape index (κ2) is 14.4. The van der Waals surface area contributed by atoms with Crippen LogP contribution in [0.25, 0.3) is 0 Å². The van der Waals surface area contributed by atoms with E-state index in [1.165, 1.54) is 19.4 Å². The van der Waals surface area contributed by atoms with Crippen LogP contribution in [-0.2, 0) is 36.8 Å². The number of nitrogens with one attached hydrogen (secondary N) is 4. The zero-order valence-electron chi connectivity index (χ0n) is 20.7. The summed E-state index contributed by atoms with van der Waals surface area (Å²) in [7, 11) is 0. The quantitative estimate of drug-likeness (QED) is 0.129. The number of rotatable bonds is 15. The molecule has 9 N–H and O–H groups in total. The van der Waals surface area contributed by atoms with Gasteiger partial charge in [-0.15, -0.1) is 0 Å². The number of hydrogen-bond acceptors (Lipinski definition) is 8. The van der Waals surface area contributed by atoms with Gasteiger partial charge in [-0.1, -0.05) is 30.3 Å². The molecule has 206 valence electrons. The summed E-state index contributed by atoms with van der Waals surface area (Å²) in [4.78, 5) is 67.8. The average molecular weight is 533 g/mol. The van der Waals surface area contributed by atoms with E-state index in [2.05, 4.69) is 25.9 Å². The largest absolute Gasteiger partial charge is 0.481 e. The number of nitrogens with zero attached hydrogens (tertiary/aromatic N) is 1. The summed E-state index contributed by atoms with van der Waals surface area (Å²) in [5.74, 6) is -5.23. The first-order chi connectivity index (χ1) is 18.0. The fourth-order valence-corrected chi connectivity index (χ4v) is 3.51. The molecule has 2 aromatic rings. The molecule has 14 heteroatoms. The number of H-pyrrole nitrogens is 1. The number of aliphatic carboxylic acids is 2. The van der Waals surface area contributed by atoms with E-state index < -0.39 is 66.4 Å². The predicted octanol–water partition coefficient (Wildman–Crippen LogP) is -1.69. The number of nitrogens with two attached hydrogens (primary N) is 1. The minimum atomic E-state index is -1.59. The van der Waals surface area contributed by atoms with Crippen molar-refractivity contribution in [1.29, 1.82) is 0 Å². The maximum absolute atomic E-state index is 13.0. The minimum absolute atomic E-state index is 0.0477. The van der Waals surface area contributed by atoms with Gasteiger partial charge in [-0.25, -0.2) is 9.78 Å². The third-order valence-corrected chi connectivity index (χ3v) is 5.57. The molecule has 0 spiro atoms. The Morgan fingerprint density at radius 1 is 0.947 bits per heavy atom. The summed E-state index contributed by atoms with van der Waals surface area (Å²) in [6.07, 6.45) is 0.614. The van der Waals surface area contributed by atoms with Crippen LogP contribution in [0, 0.1) is 0 Å². The summed E-state index contributed by atoms with van der Waals surface area (Å²) in [6.45, 7) is 1.21. The van der Waals surface area contributed by atoms with Gasteiger partial charge in [-0.3, -0.25) is 19.2 Å². The molecular formula is C24H32N6O8. The predicted molar refractivity (Wildman–Crippen MR) is 132 cm³/mol. The monoisotopic (exact) mass is 532 g/mol. The van der Waals surface area contributed by atoms with Crippen LogP contribution in [0.2, 0.25) is 0 Å². The molecular weight excluding hydrogens is 500 g/mol. The zero-order chi connectivity index (χ0) is 28.2. The van der Waals surface area contributed by atoms with Crippen molar-refractivity contribution in [3.63, 3.8) is 0 Å². The van der Waals surface area contributed by atoms with Gasteiger partial charge in [0.25, 0.3) is 0 Å². The van der Waals surface area contributed by atoms with Crippen molar-refractivity contribution in [2.24, 2.45) is 5.73 Å². The highest BCUT2D eigenvalue weighted by atomic mass is 16.4. The van der Waals surface area contributed by atoms with Crippen LogP contribution < -0.4 is 21.7 Å². The van der Waals surface area contributed by atoms with Gasteiger partial charge in [-0.2, -0.15) is 0 Å². The Morgan fingerprint density at radius 3 is 2.16 bits per heavy atom. The number of aliphatic hydroxyl groups is 1.